The summed E-state index contributed by atoms with van der Waals surface area (Å²) < 4.78 is 13.5. The summed E-state index contributed by atoms with van der Waals surface area (Å²) in [6.07, 6.45) is 2.06. The topological polar surface area (TPSA) is 29.1 Å². The van der Waals surface area contributed by atoms with Crippen molar-refractivity contribution < 1.29 is 9.18 Å². The average Bonchev–Trinajstić information content (AvgIpc) is 3.31. The van der Waals surface area contributed by atoms with Crippen LogP contribution in [0.5, 0.6) is 0 Å². The van der Waals surface area contributed by atoms with Crippen molar-refractivity contribution in [2.75, 3.05) is 6.54 Å². The summed E-state index contributed by atoms with van der Waals surface area (Å²) in [4.78, 5) is 12.2. The second kappa shape index (κ2) is 5.90. The van der Waals surface area contributed by atoms with Gasteiger partial charge in [-0.05, 0) is 30.5 Å². The molecule has 22 heavy (non-hydrogen) atoms. The second-order valence-electron chi connectivity index (χ2n) is 5.58. The lowest BCUT2D eigenvalue weighted by Crippen LogP contribution is -2.32. The highest BCUT2D eigenvalue weighted by atomic mass is 35.5. The highest BCUT2D eigenvalue weighted by Gasteiger charge is 2.44. The summed E-state index contributed by atoms with van der Waals surface area (Å²) >= 11 is 11.6. The summed E-state index contributed by atoms with van der Waals surface area (Å²) in [5.41, 5.74) is 1.31. The van der Waals surface area contributed by atoms with E-state index in [1.165, 1.54) is 11.6 Å². The maximum absolute atomic E-state index is 13.5. The van der Waals surface area contributed by atoms with Crippen molar-refractivity contribution in [1.82, 2.24) is 5.32 Å². The molecular weight excluding hydrogens is 324 g/mol. The number of amides is 1. The average molecular weight is 338 g/mol. The van der Waals surface area contributed by atoms with E-state index in [1.54, 1.807) is 0 Å². The first-order chi connectivity index (χ1) is 10.5. The molecular formula is C17H14Cl2FNO. The molecule has 1 aliphatic carbocycles. The Hall–Kier alpha value is -1.58. The summed E-state index contributed by atoms with van der Waals surface area (Å²) in [6.45, 7) is 0.510. The predicted octanol–water partition coefficient (Wildman–Crippen LogP) is 4.59. The van der Waals surface area contributed by atoms with Crippen LogP contribution in [0.3, 0.4) is 0 Å². The number of hydrogen-bond donors (Lipinski definition) is 1. The number of rotatable bonds is 4. The van der Waals surface area contributed by atoms with Crippen molar-refractivity contribution in [1.29, 1.82) is 0 Å². The minimum Gasteiger partial charge on any atom is -0.351 e. The van der Waals surface area contributed by atoms with Crippen LogP contribution >= 0.6 is 23.2 Å². The fraction of sp³-hybridized carbons (Fsp3) is 0.235. The normalized spacial score (nSPS) is 15.4. The third kappa shape index (κ3) is 2.96. The molecule has 0 heterocycles. The lowest BCUT2D eigenvalue weighted by molar-refractivity contribution is 0.0949. The highest BCUT2D eigenvalue weighted by Crippen LogP contribution is 2.47. The summed E-state index contributed by atoms with van der Waals surface area (Å²) in [5, 5.41) is 2.91. The van der Waals surface area contributed by atoms with Gasteiger partial charge in [0, 0.05) is 12.0 Å². The Balaban J connectivity index is 1.72. The number of carbonyl (C=O) groups is 1. The van der Waals surface area contributed by atoms with Crippen LogP contribution in [-0.2, 0) is 5.41 Å². The van der Waals surface area contributed by atoms with Crippen LogP contribution in [0.15, 0.2) is 42.5 Å². The van der Waals surface area contributed by atoms with Crippen LogP contribution in [0.25, 0.3) is 0 Å². The van der Waals surface area contributed by atoms with Crippen molar-refractivity contribution in [2.24, 2.45) is 0 Å². The van der Waals surface area contributed by atoms with Crippen LogP contribution in [0.1, 0.15) is 28.8 Å². The van der Waals surface area contributed by atoms with Gasteiger partial charge in [0.15, 0.2) is 0 Å². The molecule has 1 amide bonds. The van der Waals surface area contributed by atoms with E-state index in [0.29, 0.717) is 6.54 Å². The Morgan fingerprint density at radius 1 is 1.14 bits per heavy atom. The molecule has 0 bridgehead atoms. The third-order valence-corrected chi connectivity index (χ3v) is 4.68. The lowest BCUT2D eigenvalue weighted by atomic mass is 9.96. The van der Waals surface area contributed by atoms with E-state index >= 15 is 0 Å². The molecule has 2 aromatic carbocycles. The van der Waals surface area contributed by atoms with Gasteiger partial charge >= 0.3 is 0 Å². The molecule has 0 unspecified atom stereocenters. The first-order valence-electron chi connectivity index (χ1n) is 7.00. The predicted molar refractivity (Wildman–Crippen MR) is 86.1 cm³/mol. The van der Waals surface area contributed by atoms with Crippen LogP contribution in [0.4, 0.5) is 4.39 Å². The summed E-state index contributed by atoms with van der Waals surface area (Å²) in [5.74, 6) is -1.04. The first kappa shape index (κ1) is 15.3. The second-order valence-corrected chi connectivity index (χ2v) is 6.39. The van der Waals surface area contributed by atoms with E-state index in [1.807, 2.05) is 18.2 Å². The Bertz CT molecular complexity index is 714. The number of hydrogen-bond acceptors (Lipinski definition) is 1. The fourth-order valence-corrected chi connectivity index (χ4v) is 3.02. The van der Waals surface area contributed by atoms with E-state index in [2.05, 4.69) is 17.4 Å². The number of halogens is 3. The minimum atomic E-state index is -0.652. The van der Waals surface area contributed by atoms with Crippen molar-refractivity contribution in [2.45, 2.75) is 18.3 Å². The van der Waals surface area contributed by atoms with E-state index in [0.717, 1.165) is 18.9 Å². The monoisotopic (exact) mass is 337 g/mol. The van der Waals surface area contributed by atoms with Gasteiger partial charge < -0.3 is 5.32 Å². The number of carbonyl (C=O) groups excluding carboxylic acids is 1. The Kier molecular flexibility index (Phi) is 4.11. The smallest absolute Gasteiger partial charge is 0.252 e. The zero-order valence-electron chi connectivity index (χ0n) is 11.7. The Labute approximate surface area is 138 Å². The van der Waals surface area contributed by atoms with Crippen LogP contribution in [-0.4, -0.2) is 12.5 Å². The molecule has 0 aliphatic heterocycles. The lowest BCUT2D eigenvalue weighted by Gasteiger charge is -2.17. The number of benzene rings is 2. The zero-order valence-corrected chi connectivity index (χ0v) is 13.2. The van der Waals surface area contributed by atoms with Gasteiger partial charge in [-0.3, -0.25) is 4.79 Å². The quantitative estimate of drug-likeness (QED) is 0.812. The van der Waals surface area contributed by atoms with Gasteiger partial charge in [0.25, 0.3) is 5.91 Å². The van der Waals surface area contributed by atoms with Crippen molar-refractivity contribution in [3.63, 3.8) is 0 Å². The first-order valence-corrected chi connectivity index (χ1v) is 7.76. The van der Waals surface area contributed by atoms with E-state index in [4.69, 9.17) is 23.2 Å². The zero-order chi connectivity index (χ0) is 15.7. The molecule has 0 aromatic heterocycles. The molecule has 1 N–H and O–H groups in total. The molecule has 0 atom stereocenters. The molecule has 2 nitrogen and oxygen atoms in total. The molecule has 3 rings (SSSR count). The van der Waals surface area contributed by atoms with Gasteiger partial charge in [0.05, 0.1) is 15.6 Å². The summed E-state index contributed by atoms with van der Waals surface area (Å²) in [7, 11) is 0. The van der Waals surface area contributed by atoms with Crippen LogP contribution in [0.2, 0.25) is 10.0 Å². The van der Waals surface area contributed by atoms with Crippen molar-refractivity contribution in [3.8, 4) is 0 Å². The molecule has 114 valence electrons. The minimum absolute atomic E-state index is 0.00559. The van der Waals surface area contributed by atoms with Gasteiger partial charge in [0.2, 0.25) is 0 Å². The molecule has 5 heteroatoms. The largest absolute Gasteiger partial charge is 0.351 e. The van der Waals surface area contributed by atoms with Crippen molar-refractivity contribution in [3.05, 3.63) is 69.5 Å². The highest BCUT2D eigenvalue weighted by molar-refractivity contribution is 6.36. The van der Waals surface area contributed by atoms with Gasteiger partial charge in [-0.15, -0.1) is 0 Å². The Morgan fingerprint density at radius 2 is 1.82 bits per heavy atom. The van der Waals surface area contributed by atoms with E-state index < -0.39 is 5.82 Å². The van der Waals surface area contributed by atoms with Crippen LogP contribution < -0.4 is 5.32 Å². The molecule has 0 spiro atoms. The molecule has 0 saturated heterocycles. The van der Waals surface area contributed by atoms with E-state index in [9.17, 15) is 9.18 Å². The third-order valence-electron chi connectivity index (χ3n) is 4.08. The van der Waals surface area contributed by atoms with Gasteiger partial charge in [-0.2, -0.15) is 0 Å². The van der Waals surface area contributed by atoms with Gasteiger partial charge in [-0.25, -0.2) is 4.39 Å². The standard InChI is InChI=1S/C17H14Cl2FNO/c18-13-9-14(19)15(20)8-12(13)16(22)21-10-17(6-7-17)11-4-2-1-3-5-11/h1-5,8-9H,6-7,10H2,(H,21,22). The van der Waals surface area contributed by atoms with Crippen LogP contribution in [0, 0.1) is 5.82 Å². The van der Waals surface area contributed by atoms with E-state index in [-0.39, 0.29) is 26.9 Å². The molecule has 2 aromatic rings. The fourth-order valence-electron chi connectivity index (χ4n) is 2.55. The summed E-state index contributed by atoms with van der Waals surface area (Å²) in [6, 6.07) is 12.4. The van der Waals surface area contributed by atoms with Gasteiger partial charge in [0.1, 0.15) is 5.82 Å². The molecule has 1 aliphatic rings. The maximum atomic E-state index is 13.5. The molecule has 1 fully saturated rings. The number of nitrogens with one attached hydrogen (secondary N) is 1. The van der Waals surface area contributed by atoms with Gasteiger partial charge in [-0.1, -0.05) is 53.5 Å². The maximum Gasteiger partial charge on any atom is 0.252 e. The SMILES string of the molecule is O=C(NCC1(c2ccccc2)CC1)c1cc(F)c(Cl)cc1Cl. The van der Waals surface area contributed by atoms with Crippen molar-refractivity contribution >= 4 is 29.1 Å². The Morgan fingerprint density at radius 3 is 2.45 bits per heavy atom. The molecule has 0 radical (unpaired) electrons. The molecule has 1 saturated carbocycles.